The van der Waals surface area contributed by atoms with Gasteiger partial charge in [0, 0.05) is 5.57 Å². The molecule has 4 aromatic carbocycles. The van der Waals surface area contributed by atoms with Crippen LogP contribution in [-0.4, -0.2) is 50.6 Å². The SMILES string of the molecule is O=C1C(C(O)/C=C/c2ccccc2)=CC(C(O)/C=C/c2ccccc2)=CC1(C(O)/C=C/c1ccccc1)C(O)/C=C/c1ccccc1. The summed E-state index contributed by atoms with van der Waals surface area (Å²) in [5.41, 5.74) is 1.45. The van der Waals surface area contributed by atoms with Crippen LogP contribution >= 0.6 is 0 Å². The highest BCUT2D eigenvalue weighted by Gasteiger charge is 2.51. The van der Waals surface area contributed by atoms with Gasteiger partial charge in [-0.1, -0.05) is 176 Å². The van der Waals surface area contributed by atoms with Crippen LogP contribution in [0.25, 0.3) is 24.3 Å². The summed E-state index contributed by atoms with van der Waals surface area (Å²) in [6.45, 7) is 0. The predicted octanol–water partition coefficient (Wildman–Crippen LogP) is 6.71. The van der Waals surface area contributed by atoms with Crippen LogP contribution in [0.1, 0.15) is 22.3 Å². The summed E-state index contributed by atoms with van der Waals surface area (Å²) in [6.07, 6.45) is 9.95. The minimum atomic E-state index is -1.99. The first-order valence-electron chi connectivity index (χ1n) is 15.5. The number of ketones is 1. The van der Waals surface area contributed by atoms with E-state index in [1.54, 1.807) is 30.4 Å². The summed E-state index contributed by atoms with van der Waals surface area (Å²) in [5.74, 6) is -0.666. The van der Waals surface area contributed by atoms with Gasteiger partial charge in [-0.3, -0.25) is 4.79 Å². The Balaban J connectivity index is 1.61. The van der Waals surface area contributed by atoms with Crippen LogP contribution in [-0.2, 0) is 4.79 Å². The average molecular weight is 623 g/mol. The third-order valence-electron chi connectivity index (χ3n) is 8.10. The van der Waals surface area contributed by atoms with Crippen molar-refractivity contribution in [3.63, 3.8) is 0 Å². The Hall–Kier alpha value is -5.17. The van der Waals surface area contributed by atoms with Gasteiger partial charge in [0.1, 0.15) is 11.5 Å². The molecule has 1 aliphatic rings. The Bertz CT molecular complexity index is 1730. The first kappa shape index (κ1) is 33.2. The molecule has 4 aromatic rings. The number of rotatable bonds is 12. The topological polar surface area (TPSA) is 98.0 Å². The molecular weight excluding hydrogens is 584 g/mol. The number of benzene rings is 4. The van der Waals surface area contributed by atoms with E-state index in [1.807, 2.05) is 121 Å². The molecule has 0 aromatic heterocycles. The molecule has 4 unspecified atom stereocenters. The van der Waals surface area contributed by atoms with Crippen molar-refractivity contribution >= 4 is 30.1 Å². The van der Waals surface area contributed by atoms with E-state index in [2.05, 4.69) is 0 Å². The minimum Gasteiger partial charge on any atom is -0.388 e. The van der Waals surface area contributed by atoms with E-state index >= 15 is 0 Å². The van der Waals surface area contributed by atoms with Crippen LogP contribution < -0.4 is 0 Å². The number of carbonyl (C=O) groups excluding carboxylic acids is 1. The van der Waals surface area contributed by atoms with Crippen LogP contribution in [0.3, 0.4) is 0 Å². The van der Waals surface area contributed by atoms with Gasteiger partial charge in [-0.2, -0.15) is 0 Å². The zero-order valence-corrected chi connectivity index (χ0v) is 25.8. The highest BCUT2D eigenvalue weighted by Crippen LogP contribution is 2.41. The van der Waals surface area contributed by atoms with Crippen molar-refractivity contribution in [2.24, 2.45) is 5.41 Å². The molecule has 0 bridgehead atoms. The van der Waals surface area contributed by atoms with Crippen molar-refractivity contribution in [2.45, 2.75) is 24.4 Å². The zero-order valence-electron chi connectivity index (χ0n) is 25.8. The Morgan fingerprint density at radius 3 is 1.19 bits per heavy atom. The predicted molar refractivity (Wildman–Crippen MR) is 190 cm³/mol. The zero-order chi connectivity index (χ0) is 33.1. The summed E-state index contributed by atoms with van der Waals surface area (Å²) in [4.78, 5) is 14.6. The molecule has 1 aliphatic carbocycles. The summed E-state index contributed by atoms with van der Waals surface area (Å²) >= 11 is 0. The van der Waals surface area contributed by atoms with Gasteiger partial charge in [-0.05, 0) is 33.9 Å². The molecule has 5 heteroatoms. The number of hydrogen-bond acceptors (Lipinski definition) is 5. The minimum absolute atomic E-state index is 0.0684. The third-order valence-corrected chi connectivity index (χ3v) is 8.10. The molecule has 5 nitrogen and oxygen atoms in total. The Kier molecular flexibility index (Phi) is 11.2. The van der Waals surface area contributed by atoms with Gasteiger partial charge in [-0.15, -0.1) is 0 Å². The summed E-state index contributed by atoms with van der Waals surface area (Å²) < 4.78 is 0. The largest absolute Gasteiger partial charge is 0.388 e. The monoisotopic (exact) mass is 622 g/mol. The van der Waals surface area contributed by atoms with Crippen molar-refractivity contribution in [1.82, 2.24) is 0 Å². The van der Waals surface area contributed by atoms with Crippen LogP contribution in [0.5, 0.6) is 0 Å². The third kappa shape index (κ3) is 8.36. The number of Topliss-reactive ketones (excluding diaryl/α,β-unsaturated/α-hetero) is 1. The van der Waals surface area contributed by atoms with Gasteiger partial charge >= 0.3 is 0 Å². The van der Waals surface area contributed by atoms with Crippen molar-refractivity contribution in [3.05, 3.63) is 191 Å². The van der Waals surface area contributed by atoms with E-state index in [9.17, 15) is 25.2 Å². The quantitative estimate of drug-likeness (QED) is 0.141. The first-order chi connectivity index (χ1) is 22.9. The van der Waals surface area contributed by atoms with Gasteiger partial charge in [0.15, 0.2) is 5.78 Å². The Morgan fingerprint density at radius 2 is 0.809 bits per heavy atom. The molecule has 0 spiro atoms. The van der Waals surface area contributed by atoms with E-state index in [1.165, 1.54) is 30.4 Å². The standard InChI is InChI=1S/C42H38O5/c43-37(25-21-31-13-5-1-6-14-31)35-29-36(38(44)26-22-32-15-7-2-8-16-32)41(47)42(30-35,39(45)27-23-33-17-9-3-10-18-33)40(46)28-24-34-19-11-4-12-20-34/h1-30,37-40,43-46H/b25-21+,26-22+,27-23+,28-24+. The maximum atomic E-state index is 14.6. The molecule has 236 valence electrons. The second-order valence-corrected chi connectivity index (χ2v) is 11.4. The Labute approximate surface area is 275 Å². The fourth-order valence-corrected chi connectivity index (χ4v) is 5.48. The van der Waals surface area contributed by atoms with Crippen molar-refractivity contribution in [2.75, 3.05) is 0 Å². The van der Waals surface area contributed by atoms with E-state index in [0.717, 1.165) is 22.3 Å². The first-order valence-corrected chi connectivity index (χ1v) is 15.5. The van der Waals surface area contributed by atoms with Crippen LogP contribution in [0.4, 0.5) is 0 Å². The molecule has 0 fully saturated rings. The maximum absolute atomic E-state index is 14.6. The smallest absolute Gasteiger partial charge is 0.177 e. The molecule has 5 rings (SSSR count). The lowest BCUT2D eigenvalue weighted by atomic mass is 9.65. The van der Waals surface area contributed by atoms with Gasteiger partial charge in [0.25, 0.3) is 0 Å². The maximum Gasteiger partial charge on any atom is 0.177 e. The lowest BCUT2D eigenvalue weighted by Gasteiger charge is -2.40. The van der Waals surface area contributed by atoms with Gasteiger partial charge in [0.2, 0.25) is 0 Å². The molecule has 4 atom stereocenters. The van der Waals surface area contributed by atoms with Crippen molar-refractivity contribution in [1.29, 1.82) is 0 Å². The van der Waals surface area contributed by atoms with Gasteiger partial charge in [0.05, 0.1) is 18.3 Å². The molecule has 0 radical (unpaired) electrons. The van der Waals surface area contributed by atoms with Crippen LogP contribution in [0, 0.1) is 5.41 Å². The van der Waals surface area contributed by atoms with Crippen molar-refractivity contribution in [3.8, 4) is 0 Å². The van der Waals surface area contributed by atoms with Gasteiger partial charge < -0.3 is 20.4 Å². The normalized spacial score (nSPS) is 19.6. The fraction of sp³-hybridized carbons (Fsp3) is 0.119. The lowest BCUT2D eigenvalue weighted by molar-refractivity contribution is -0.133. The second kappa shape index (κ2) is 15.9. The number of aliphatic hydroxyl groups excluding tert-OH is 4. The number of carbonyl (C=O) groups is 1. The average Bonchev–Trinajstić information content (AvgIpc) is 3.12. The molecule has 4 N–H and O–H groups in total. The van der Waals surface area contributed by atoms with Crippen molar-refractivity contribution < 1.29 is 25.2 Å². The van der Waals surface area contributed by atoms with E-state index in [4.69, 9.17) is 0 Å². The van der Waals surface area contributed by atoms with E-state index in [0.29, 0.717) is 0 Å². The highest BCUT2D eigenvalue weighted by atomic mass is 16.3. The fourth-order valence-electron chi connectivity index (χ4n) is 5.48. The molecule has 0 amide bonds. The summed E-state index contributed by atoms with van der Waals surface area (Å²) in [6, 6.07) is 37.4. The number of aliphatic hydroxyl groups is 4. The molecule has 0 aliphatic heterocycles. The van der Waals surface area contributed by atoms with E-state index < -0.39 is 35.6 Å². The lowest BCUT2D eigenvalue weighted by Crippen LogP contribution is -2.52. The number of hydrogen-bond donors (Lipinski definition) is 4. The molecule has 0 heterocycles. The van der Waals surface area contributed by atoms with Crippen LogP contribution in [0.15, 0.2) is 169 Å². The molecule has 0 saturated carbocycles. The molecule has 47 heavy (non-hydrogen) atoms. The summed E-state index contributed by atoms with van der Waals surface area (Å²) in [7, 11) is 0. The highest BCUT2D eigenvalue weighted by molar-refractivity contribution is 6.05. The summed E-state index contributed by atoms with van der Waals surface area (Å²) in [5, 5.41) is 46.6. The molecular formula is C42H38O5. The second-order valence-electron chi connectivity index (χ2n) is 11.4. The van der Waals surface area contributed by atoms with E-state index in [-0.39, 0.29) is 11.1 Å². The van der Waals surface area contributed by atoms with Gasteiger partial charge in [-0.25, -0.2) is 0 Å². The Morgan fingerprint density at radius 1 is 0.468 bits per heavy atom. The molecule has 0 saturated heterocycles. The van der Waals surface area contributed by atoms with Crippen LogP contribution in [0.2, 0.25) is 0 Å².